The highest BCUT2D eigenvalue weighted by atomic mass is 16.5. The number of hydrogen-bond acceptors (Lipinski definition) is 3. The minimum atomic E-state index is 0.121. The summed E-state index contributed by atoms with van der Waals surface area (Å²) in [7, 11) is 1.84. The van der Waals surface area contributed by atoms with E-state index >= 15 is 0 Å². The van der Waals surface area contributed by atoms with Gasteiger partial charge in [-0.05, 0) is 19.9 Å². The van der Waals surface area contributed by atoms with Crippen LogP contribution in [0.15, 0.2) is 18.2 Å². The maximum atomic E-state index is 8.86. The van der Waals surface area contributed by atoms with Crippen LogP contribution in [0.2, 0.25) is 0 Å². The maximum absolute atomic E-state index is 8.86. The van der Waals surface area contributed by atoms with Crippen molar-refractivity contribution >= 4 is 11.4 Å². The molecule has 4 N–H and O–H groups in total. The van der Waals surface area contributed by atoms with E-state index in [1.165, 1.54) is 0 Å². The summed E-state index contributed by atoms with van der Waals surface area (Å²) < 4.78 is 5.59. The number of nitrogens with two attached hydrogens (primary N) is 1. The Morgan fingerprint density at radius 1 is 1.43 bits per heavy atom. The zero-order valence-corrected chi connectivity index (χ0v) is 8.74. The van der Waals surface area contributed by atoms with E-state index < -0.39 is 0 Å². The Morgan fingerprint density at radius 2 is 2.14 bits per heavy atom. The van der Waals surface area contributed by atoms with Crippen molar-refractivity contribution in [2.75, 3.05) is 12.4 Å². The monoisotopic (exact) mass is 197 g/mol. The van der Waals surface area contributed by atoms with E-state index in [9.17, 15) is 0 Å². The van der Waals surface area contributed by atoms with Crippen molar-refractivity contribution in [2.24, 2.45) is 0 Å². The fourth-order valence-electron chi connectivity index (χ4n) is 1.18. The van der Waals surface area contributed by atoms with E-state index in [2.05, 4.69) is 5.32 Å². The van der Waals surface area contributed by atoms with Gasteiger partial charge in [0.25, 0.3) is 0 Å². The molecule has 0 atom stereocenters. The first-order chi connectivity index (χ1) is 6.67. The zero-order chi connectivity index (χ0) is 10.6. The van der Waals surface area contributed by atoms with Gasteiger partial charge in [-0.2, -0.15) is 5.48 Å². The van der Waals surface area contributed by atoms with Crippen LogP contribution in [0.5, 0.6) is 5.75 Å². The molecule has 4 heteroatoms. The Hall–Kier alpha value is -1.26. The van der Waals surface area contributed by atoms with E-state index in [4.69, 9.17) is 9.94 Å². The minimum Gasteiger partial charge on any atom is -0.489 e. The molecular weight excluding hydrogens is 180 g/mol. The van der Waals surface area contributed by atoms with E-state index in [1.807, 2.05) is 33.0 Å². The third-order valence-electron chi connectivity index (χ3n) is 1.79. The molecule has 0 fully saturated rings. The van der Waals surface area contributed by atoms with Gasteiger partial charge in [-0.3, -0.25) is 0 Å². The lowest BCUT2D eigenvalue weighted by atomic mass is 10.2. The van der Waals surface area contributed by atoms with Crippen LogP contribution in [-0.2, 0) is 0 Å². The van der Waals surface area contributed by atoms with Gasteiger partial charge in [0.1, 0.15) is 5.75 Å². The van der Waals surface area contributed by atoms with Crippen molar-refractivity contribution in [1.29, 1.82) is 0 Å². The molecule has 0 radical (unpaired) electrons. The summed E-state index contributed by atoms with van der Waals surface area (Å²) in [5, 5.41) is 11.9. The smallest absolute Gasteiger partial charge is 0.165 e. The number of hydrogen-bond donors (Lipinski definition) is 3. The molecule has 0 bridgehead atoms. The summed E-state index contributed by atoms with van der Waals surface area (Å²) in [5.41, 5.74) is 2.72. The van der Waals surface area contributed by atoms with E-state index in [0.29, 0.717) is 0 Å². The van der Waals surface area contributed by atoms with Gasteiger partial charge < -0.3 is 10.1 Å². The molecule has 0 saturated carbocycles. The van der Waals surface area contributed by atoms with Crippen LogP contribution >= 0.6 is 0 Å². The standard InChI is InChI=1S/C10H16N2O2/c1-7(2)14-10-6-8(12-13)4-5-9(10)11-3/h4-7,11-13H,1-3H3/p+1. The van der Waals surface area contributed by atoms with Crippen LogP contribution in [0.4, 0.5) is 11.4 Å². The van der Waals surface area contributed by atoms with Gasteiger partial charge >= 0.3 is 0 Å². The Morgan fingerprint density at radius 3 is 2.64 bits per heavy atom. The van der Waals surface area contributed by atoms with Gasteiger partial charge in [-0.25, -0.2) is 5.21 Å². The molecule has 0 amide bonds. The van der Waals surface area contributed by atoms with Crippen molar-refractivity contribution in [3.05, 3.63) is 18.2 Å². The van der Waals surface area contributed by atoms with Crippen molar-refractivity contribution in [1.82, 2.24) is 0 Å². The number of ether oxygens (including phenoxy) is 1. The van der Waals surface area contributed by atoms with Crippen molar-refractivity contribution in [3.8, 4) is 5.75 Å². The van der Waals surface area contributed by atoms with Crippen molar-refractivity contribution in [3.63, 3.8) is 0 Å². The van der Waals surface area contributed by atoms with Crippen LogP contribution in [-0.4, -0.2) is 18.4 Å². The lowest BCUT2D eigenvalue weighted by Gasteiger charge is -2.13. The summed E-state index contributed by atoms with van der Waals surface area (Å²) in [5.74, 6) is 0.755. The lowest BCUT2D eigenvalue weighted by Crippen LogP contribution is -2.73. The molecule has 1 rings (SSSR count). The average molecular weight is 197 g/mol. The Labute approximate surface area is 83.9 Å². The average Bonchev–Trinajstić information content (AvgIpc) is 2.16. The van der Waals surface area contributed by atoms with Crippen LogP contribution < -0.4 is 15.5 Å². The predicted octanol–water partition coefficient (Wildman–Crippen LogP) is 1.10. The third kappa shape index (κ3) is 2.61. The third-order valence-corrected chi connectivity index (χ3v) is 1.79. The highest BCUT2D eigenvalue weighted by Gasteiger charge is 2.07. The maximum Gasteiger partial charge on any atom is 0.165 e. The van der Waals surface area contributed by atoms with Crippen LogP contribution in [0.25, 0.3) is 0 Å². The fraction of sp³-hybridized carbons (Fsp3) is 0.400. The quantitative estimate of drug-likeness (QED) is 0.500. The molecule has 14 heavy (non-hydrogen) atoms. The van der Waals surface area contributed by atoms with Crippen molar-refractivity contribution in [2.45, 2.75) is 20.0 Å². The second kappa shape index (κ2) is 4.83. The van der Waals surface area contributed by atoms with Gasteiger partial charge in [-0.15, -0.1) is 0 Å². The minimum absolute atomic E-state index is 0.121. The van der Waals surface area contributed by atoms with E-state index in [1.54, 1.807) is 6.07 Å². The SMILES string of the molecule is CNc1ccc([NH2+]O)cc1OC(C)C. The summed E-state index contributed by atoms with van der Waals surface area (Å²) in [6.45, 7) is 3.93. The van der Waals surface area contributed by atoms with Crippen molar-refractivity contribution < 1.29 is 15.4 Å². The summed E-state index contributed by atoms with van der Waals surface area (Å²) in [6.07, 6.45) is 0.121. The van der Waals surface area contributed by atoms with Crippen LogP contribution in [0, 0.1) is 0 Å². The fourth-order valence-corrected chi connectivity index (χ4v) is 1.18. The molecule has 78 valence electrons. The molecule has 0 aliphatic heterocycles. The van der Waals surface area contributed by atoms with E-state index in [0.717, 1.165) is 22.6 Å². The second-order valence-corrected chi connectivity index (χ2v) is 3.30. The first kappa shape index (κ1) is 10.8. The molecule has 1 aromatic rings. The molecule has 1 aromatic carbocycles. The molecular formula is C10H17N2O2+. The first-order valence-corrected chi connectivity index (χ1v) is 4.63. The van der Waals surface area contributed by atoms with Gasteiger partial charge in [0.05, 0.1) is 11.8 Å². The van der Waals surface area contributed by atoms with E-state index in [-0.39, 0.29) is 6.10 Å². The van der Waals surface area contributed by atoms with Gasteiger partial charge in [0, 0.05) is 19.2 Å². The molecule has 0 spiro atoms. The number of nitrogens with one attached hydrogen (secondary N) is 1. The van der Waals surface area contributed by atoms with Gasteiger partial charge in [0.15, 0.2) is 5.69 Å². The zero-order valence-electron chi connectivity index (χ0n) is 8.74. The second-order valence-electron chi connectivity index (χ2n) is 3.30. The number of anilines is 1. The Balaban J connectivity index is 2.96. The normalized spacial score (nSPS) is 10.4. The highest BCUT2D eigenvalue weighted by molar-refractivity contribution is 5.60. The molecule has 0 heterocycles. The molecule has 0 saturated heterocycles. The number of quaternary nitrogens is 1. The molecule has 0 aromatic heterocycles. The summed E-state index contributed by atoms with van der Waals surface area (Å²) in [4.78, 5) is 0. The first-order valence-electron chi connectivity index (χ1n) is 4.63. The van der Waals surface area contributed by atoms with Gasteiger partial charge in [0.2, 0.25) is 0 Å². The topological polar surface area (TPSA) is 58.1 Å². The highest BCUT2D eigenvalue weighted by Crippen LogP contribution is 2.26. The van der Waals surface area contributed by atoms with Crippen LogP contribution in [0.3, 0.4) is 0 Å². The number of rotatable bonds is 4. The predicted molar refractivity (Wildman–Crippen MR) is 55.1 cm³/mol. The summed E-state index contributed by atoms with van der Waals surface area (Å²) >= 11 is 0. The molecule has 0 unspecified atom stereocenters. The Bertz CT molecular complexity index is 300. The van der Waals surface area contributed by atoms with Gasteiger partial charge in [-0.1, -0.05) is 0 Å². The Kier molecular flexibility index (Phi) is 3.73. The molecule has 0 aliphatic carbocycles. The number of benzene rings is 1. The largest absolute Gasteiger partial charge is 0.489 e. The lowest BCUT2D eigenvalue weighted by molar-refractivity contribution is -0.825. The summed E-state index contributed by atoms with van der Waals surface area (Å²) in [6, 6.07) is 5.49. The molecule has 0 aliphatic rings. The van der Waals surface area contributed by atoms with Crippen LogP contribution in [0.1, 0.15) is 13.8 Å². The molecule has 4 nitrogen and oxygen atoms in total.